The van der Waals surface area contributed by atoms with Crippen molar-refractivity contribution in [1.29, 1.82) is 0 Å². The van der Waals surface area contributed by atoms with Gasteiger partial charge in [-0.05, 0) is 25.5 Å². The summed E-state index contributed by atoms with van der Waals surface area (Å²) in [6.07, 6.45) is 5.57. The summed E-state index contributed by atoms with van der Waals surface area (Å²) >= 11 is 0. The molecule has 3 nitrogen and oxygen atoms in total. The molecule has 2 N–H and O–H groups in total. The van der Waals surface area contributed by atoms with Crippen molar-refractivity contribution in [2.24, 2.45) is 5.73 Å². The zero-order valence-electron chi connectivity index (χ0n) is 12.5. The summed E-state index contributed by atoms with van der Waals surface area (Å²) in [6.45, 7) is 14.0. The second kappa shape index (κ2) is 9.29. The van der Waals surface area contributed by atoms with Crippen molar-refractivity contribution in [1.82, 2.24) is 0 Å². The van der Waals surface area contributed by atoms with Crippen molar-refractivity contribution in [3.63, 3.8) is 0 Å². The van der Waals surface area contributed by atoms with Crippen LogP contribution in [0.1, 0.15) is 46.5 Å². The van der Waals surface area contributed by atoms with Crippen LogP contribution in [-0.2, 0) is 4.79 Å². The average Bonchev–Trinajstić information content (AvgIpc) is 2.37. The van der Waals surface area contributed by atoms with Crippen LogP contribution in [0.4, 0.5) is 0 Å². The van der Waals surface area contributed by atoms with E-state index < -0.39 is 0 Å². The number of nitrogens with zero attached hydrogens (tertiary/aromatic N) is 1. The quantitative estimate of drug-likeness (QED) is 0.455. The molecule has 0 radical (unpaired) electrons. The molecule has 0 amide bonds. The lowest BCUT2D eigenvalue weighted by Gasteiger charge is -2.44. The zero-order chi connectivity index (χ0) is 14.0. The van der Waals surface area contributed by atoms with Gasteiger partial charge in [-0.15, -0.1) is 0 Å². The van der Waals surface area contributed by atoms with Crippen LogP contribution in [0.5, 0.6) is 0 Å². The highest BCUT2D eigenvalue weighted by molar-refractivity contribution is 5.92. The molecule has 0 fully saturated rings. The lowest BCUT2D eigenvalue weighted by molar-refractivity contribution is -0.942. The largest absolute Gasteiger partial charge is 0.330 e. The van der Waals surface area contributed by atoms with Gasteiger partial charge in [-0.1, -0.05) is 27.4 Å². The number of quaternary nitrogens is 1. The van der Waals surface area contributed by atoms with E-state index in [1.165, 1.54) is 6.08 Å². The summed E-state index contributed by atoms with van der Waals surface area (Å²) in [4.78, 5) is 12.1. The fourth-order valence-corrected chi connectivity index (χ4v) is 3.09. The fraction of sp³-hybridized carbons (Fsp3) is 0.800. The predicted octanol–water partition coefficient (Wildman–Crippen LogP) is 2.51. The van der Waals surface area contributed by atoms with Gasteiger partial charge in [0.25, 0.3) is 0 Å². The van der Waals surface area contributed by atoms with E-state index in [9.17, 15) is 4.79 Å². The Balaban J connectivity index is 5.18. The van der Waals surface area contributed by atoms with E-state index in [4.69, 9.17) is 5.73 Å². The standard InChI is InChI=1S/C15H31N2O/c1-5-11-17(12-6-2,13-9-10-16)14(7-3)15(18)8-4/h8,14H,4-7,9-13,16H2,1-3H3/q+1. The Morgan fingerprint density at radius 1 is 1.22 bits per heavy atom. The van der Waals surface area contributed by atoms with E-state index in [-0.39, 0.29) is 11.8 Å². The van der Waals surface area contributed by atoms with Gasteiger partial charge in [0.15, 0.2) is 6.04 Å². The Morgan fingerprint density at radius 3 is 2.11 bits per heavy atom. The Bertz CT molecular complexity index is 245. The predicted molar refractivity (Wildman–Crippen MR) is 78.4 cm³/mol. The molecule has 0 rings (SSSR count). The van der Waals surface area contributed by atoms with E-state index in [2.05, 4.69) is 27.4 Å². The van der Waals surface area contributed by atoms with E-state index in [1.807, 2.05) is 0 Å². The molecule has 106 valence electrons. The topological polar surface area (TPSA) is 43.1 Å². The van der Waals surface area contributed by atoms with Crippen molar-refractivity contribution in [3.05, 3.63) is 12.7 Å². The molecular weight excluding hydrogens is 224 g/mol. The highest BCUT2D eigenvalue weighted by atomic mass is 16.1. The second-order valence-electron chi connectivity index (χ2n) is 5.06. The summed E-state index contributed by atoms with van der Waals surface area (Å²) in [5.74, 6) is 0.191. The molecule has 0 aliphatic carbocycles. The molecular formula is C15H31N2O+. The fourth-order valence-electron chi connectivity index (χ4n) is 3.09. The number of hydrogen-bond donors (Lipinski definition) is 1. The number of nitrogens with two attached hydrogens (primary N) is 1. The highest BCUT2D eigenvalue weighted by Crippen LogP contribution is 2.21. The van der Waals surface area contributed by atoms with Crippen LogP contribution < -0.4 is 5.73 Å². The minimum Gasteiger partial charge on any atom is -0.330 e. The first-order valence-corrected chi connectivity index (χ1v) is 7.33. The van der Waals surface area contributed by atoms with Gasteiger partial charge >= 0.3 is 0 Å². The van der Waals surface area contributed by atoms with E-state index in [0.717, 1.165) is 49.8 Å². The van der Waals surface area contributed by atoms with Crippen molar-refractivity contribution >= 4 is 5.78 Å². The summed E-state index contributed by atoms with van der Waals surface area (Å²) in [7, 11) is 0. The van der Waals surface area contributed by atoms with Gasteiger partial charge in [-0.25, -0.2) is 0 Å². The van der Waals surface area contributed by atoms with Gasteiger partial charge in [-0.3, -0.25) is 4.79 Å². The van der Waals surface area contributed by atoms with Crippen molar-refractivity contribution in [2.75, 3.05) is 26.2 Å². The lowest BCUT2D eigenvalue weighted by Crippen LogP contribution is -2.59. The maximum atomic E-state index is 12.1. The minimum absolute atomic E-state index is 0.0638. The first-order chi connectivity index (χ1) is 8.61. The van der Waals surface area contributed by atoms with Crippen LogP contribution in [0.25, 0.3) is 0 Å². The number of carbonyl (C=O) groups is 1. The van der Waals surface area contributed by atoms with Crippen LogP contribution >= 0.6 is 0 Å². The molecule has 0 aliphatic rings. The number of hydrogen-bond acceptors (Lipinski definition) is 2. The summed E-state index contributed by atoms with van der Waals surface area (Å²) in [5.41, 5.74) is 5.66. The van der Waals surface area contributed by atoms with Gasteiger partial charge in [0, 0.05) is 12.8 Å². The van der Waals surface area contributed by atoms with Gasteiger partial charge in [0.2, 0.25) is 5.78 Å². The van der Waals surface area contributed by atoms with Crippen LogP contribution in [0.3, 0.4) is 0 Å². The zero-order valence-corrected chi connectivity index (χ0v) is 12.5. The second-order valence-corrected chi connectivity index (χ2v) is 5.06. The Kier molecular flexibility index (Phi) is 8.94. The summed E-state index contributed by atoms with van der Waals surface area (Å²) in [5, 5.41) is 0. The molecule has 3 heteroatoms. The van der Waals surface area contributed by atoms with Gasteiger partial charge < -0.3 is 10.2 Å². The van der Waals surface area contributed by atoms with E-state index >= 15 is 0 Å². The van der Waals surface area contributed by atoms with Gasteiger partial charge in [0.1, 0.15) is 0 Å². The average molecular weight is 255 g/mol. The van der Waals surface area contributed by atoms with Crippen molar-refractivity contribution in [2.45, 2.75) is 52.5 Å². The van der Waals surface area contributed by atoms with Crippen LogP contribution in [0.2, 0.25) is 0 Å². The maximum absolute atomic E-state index is 12.1. The number of rotatable bonds is 11. The molecule has 0 spiro atoms. The Morgan fingerprint density at radius 2 is 1.78 bits per heavy atom. The smallest absolute Gasteiger partial charge is 0.212 e. The van der Waals surface area contributed by atoms with Crippen molar-refractivity contribution < 1.29 is 9.28 Å². The molecule has 0 aromatic heterocycles. The van der Waals surface area contributed by atoms with Crippen LogP contribution in [0, 0.1) is 0 Å². The third-order valence-electron chi connectivity index (χ3n) is 3.72. The van der Waals surface area contributed by atoms with Crippen molar-refractivity contribution in [3.8, 4) is 0 Å². The molecule has 0 aromatic carbocycles. The summed E-state index contributed by atoms with van der Waals surface area (Å²) < 4.78 is 0.894. The Hall–Kier alpha value is -0.670. The monoisotopic (exact) mass is 255 g/mol. The molecule has 0 saturated heterocycles. The van der Waals surface area contributed by atoms with Gasteiger partial charge in [-0.2, -0.15) is 0 Å². The number of carbonyl (C=O) groups excluding carboxylic acids is 1. The third-order valence-corrected chi connectivity index (χ3v) is 3.72. The van der Waals surface area contributed by atoms with Gasteiger partial charge in [0.05, 0.1) is 19.6 Å². The molecule has 0 aliphatic heterocycles. The molecule has 1 unspecified atom stereocenters. The highest BCUT2D eigenvalue weighted by Gasteiger charge is 2.37. The molecule has 1 atom stereocenters. The lowest BCUT2D eigenvalue weighted by atomic mass is 10.0. The number of ketones is 1. The summed E-state index contributed by atoms with van der Waals surface area (Å²) in [6, 6.07) is 0.0638. The third kappa shape index (κ3) is 4.54. The molecule has 0 aromatic rings. The SMILES string of the molecule is C=CC(=O)C(CC)[N+](CCC)(CCC)CCCN. The van der Waals surface area contributed by atoms with Crippen LogP contribution in [-0.4, -0.2) is 42.5 Å². The first-order valence-electron chi connectivity index (χ1n) is 7.33. The molecule has 18 heavy (non-hydrogen) atoms. The molecule has 0 heterocycles. The maximum Gasteiger partial charge on any atom is 0.212 e. The van der Waals surface area contributed by atoms with Crippen LogP contribution in [0.15, 0.2) is 12.7 Å². The normalized spacial score (nSPS) is 13.3. The molecule has 0 bridgehead atoms. The minimum atomic E-state index is 0.0638. The van der Waals surface area contributed by atoms with E-state index in [1.54, 1.807) is 0 Å². The Labute approximate surface area is 113 Å². The molecule has 0 saturated carbocycles. The van der Waals surface area contributed by atoms with E-state index in [0.29, 0.717) is 6.54 Å². The first kappa shape index (κ1) is 17.3.